The van der Waals surface area contributed by atoms with Gasteiger partial charge in [0.1, 0.15) is 5.75 Å². The van der Waals surface area contributed by atoms with Crippen molar-refractivity contribution in [3.8, 4) is 5.75 Å². The van der Waals surface area contributed by atoms with Gasteiger partial charge in [0.05, 0.1) is 0 Å². The van der Waals surface area contributed by atoms with Gasteiger partial charge in [-0.15, -0.1) is 0 Å². The number of nitrogens with one attached hydrogen (secondary N) is 1. The third-order valence-electron chi connectivity index (χ3n) is 4.42. The van der Waals surface area contributed by atoms with Gasteiger partial charge in [-0.05, 0) is 49.9 Å². The molecule has 0 heterocycles. The number of rotatable bonds is 5. The monoisotopic (exact) mass is 274 g/mol. The number of nitrogens with zero attached hydrogens (tertiary/aromatic N) is 1. The molecule has 2 aliphatic rings. The highest BCUT2D eigenvalue weighted by Crippen LogP contribution is 2.36. The van der Waals surface area contributed by atoms with Crippen LogP contribution in [0.3, 0.4) is 0 Å². The third kappa shape index (κ3) is 2.52. The van der Waals surface area contributed by atoms with E-state index in [1.807, 2.05) is 31.1 Å². The highest BCUT2D eigenvalue weighted by Gasteiger charge is 2.30. The molecule has 1 aromatic rings. The molecule has 108 valence electrons. The van der Waals surface area contributed by atoms with Crippen LogP contribution in [-0.4, -0.2) is 37.6 Å². The molecule has 1 fully saturated rings. The van der Waals surface area contributed by atoms with Crippen molar-refractivity contribution < 1.29 is 9.53 Å². The molecule has 0 spiro atoms. The maximum atomic E-state index is 12.0. The molecule has 0 bridgehead atoms. The maximum Gasteiger partial charge on any atom is 0.260 e. The van der Waals surface area contributed by atoms with Crippen LogP contribution in [0.4, 0.5) is 0 Å². The van der Waals surface area contributed by atoms with E-state index in [4.69, 9.17) is 4.74 Å². The zero-order chi connectivity index (χ0) is 14.1. The number of carbonyl (C=O) groups is 1. The van der Waals surface area contributed by atoms with Gasteiger partial charge in [-0.3, -0.25) is 4.79 Å². The van der Waals surface area contributed by atoms with Gasteiger partial charge in [-0.1, -0.05) is 12.1 Å². The van der Waals surface area contributed by atoms with Crippen LogP contribution < -0.4 is 10.1 Å². The third-order valence-corrected chi connectivity index (χ3v) is 4.42. The number of hydrogen-bond acceptors (Lipinski definition) is 3. The fraction of sp³-hybridized carbons (Fsp3) is 0.562. The van der Waals surface area contributed by atoms with Crippen molar-refractivity contribution >= 4 is 5.91 Å². The molecule has 0 aromatic heterocycles. The van der Waals surface area contributed by atoms with Gasteiger partial charge < -0.3 is 15.0 Å². The Morgan fingerprint density at radius 1 is 1.40 bits per heavy atom. The van der Waals surface area contributed by atoms with E-state index >= 15 is 0 Å². The maximum absolute atomic E-state index is 12.0. The van der Waals surface area contributed by atoms with Crippen molar-refractivity contribution in [3.05, 3.63) is 29.3 Å². The van der Waals surface area contributed by atoms with E-state index in [0.717, 1.165) is 31.4 Å². The van der Waals surface area contributed by atoms with Crippen LogP contribution in [-0.2, 0) is 11.2 Å². The molecule has 0 aliphatic heterocycles. The van der Waals surface area contributed by atoms with Crippen molar-refractivity contribution in [1.82, 2.24) is 10.2 Å². The first-order valence-corrected chi connectivity index (χ1v) is 7.38. The minimum Gasteiger partial charge on any atom is -0.483 e. The molecule has 4 nitrogen and oxygen atoms in total. The molecule has 1 amide bonds. The van der Waals surface area contributed by atoms with Crippen LogP contribution >= 0.6 is 0 Å². The van der Waals surface area contributed by atoms with E-state index in [0.29, 0.717) is 12.1 Å². The predicted octanol–water partition coefficient (Wildman–Crippen LogP) is 1.89. The Labute approximate surface area is 120 Å². The lowest BCUT2D eigenvalue weighted by atomic mass is 10.1. The van der Waals surface area contributed by atoms with E-state index in [9.17, 15) is 4.79 Å². The fourth-order valence-electron chi connectivity index (χ4n) is 2.96. The van der Waals surface area contributed by atoms with E-state index in [1.165, 1.54) is 11.1 Å². The molecule has 0 saturated heterocycles. The number of fused-ring (bicyclic) bond motifs is 1. The number of benzene rings is 1. The van der Waals surface area contributed by atoms with Crippen molar-refractivity contribution in [2.45, 2.75) is 37.8 Å². The lowest BCUT2D eigenvalue weighted by Gasteiger charge is -2.17. The topological polar surface area (TPSA) is 41.6 Å². The van der Waals surface area contributed by atoms with Crippen LogP contribution in [0.1, 0.15) is 36.4 Å². The first kappa shape index (κ1) is 13.4. The number of likely N-dealkylation sites (N-methyl/N-ethyl adjacent to an activating group) is 1. The summed E-state index contributed by atoms with van der Waals surface area (Å²) >= 11 is 0. The first-order valence-electron chi connectivity index (χ1n) is 7.38. The number of hydrogen-bond donors (Lipinski definition) is 1. The quantitative estimate of drug-likeness (QED) is 0.891. The Morgan fingerprint density at radius 2 is 2.20 bits per heavy atom. The molecular weight excluding hydrogens is 252 g/mol. The van der Waals surface area contributed by atoms with E-state index in [-0.39, 0.29) is 12.5 Å². The Hall–Kier alpha value is -1.55. The molecular formula is C16H22N2O2. The van der Waals surface area contributed by atoms with Crippen LogP contribution in [0.25, 0.3) is 0 Å². The normalized spacial score (nSPS) is 20.6. The van der Waals surface area contributed by atoms with Gasteiger partial charge in [0.2, 0.25) is 0 Å². The predicted molar refractivity (Wildman–Crippen MR) is 77.9 cm³/mol. The fourth-order valence-corrected chi connectivity index (χ4v) is 2.96. The SMILES string of the molecule is CNC1CCc2c(OCC(=O)N(C)C3CC3)cccc21. The van der Waals surface area contributed by atoms with Crippen molar-refractivity contribution in [2.75, 3.05) is 20.7 Å². The van der Waals surface area contributed by atoms with E-state index in [2.05, 4.69) is 11.4 Å². The molecule has 0 radical (unpaired) electrons. The van der Waals surface area contributed by atoms with Crippen LogP contribution in [0, 0.1) is 0 Å². The highest BCUT2D eigenvalue weighted by atomic mass is 16.5. The Morgan fingerprint density at radius 3 is 2.90 bits per heavy atom. The van der Waals surface area contributed by atoms with Crippen molar-refractivity contribution in [3.63, 3.8) is 0 Å². The second-order valence-corrected chi connectivity index (χ2v) is 5.73. The zero-order valence-electron chi connectivity index (χ0n) is 12.2. The summed E-state index contributed by atoms with van der Waals surface area (Å²) in [7, 11) is 3.86. The smallest absolute Gasteiger partial charge is 0.260 e. The van der Waals surface area contributed by atoms with E-state index in [1.54, 1.807) is 0 Å². The Bertz CT molecular complexity index is 511. The number of amides is 1. The summed E-state index contributed by atoms with van der Waals surface area (Å²) < 4.78 is 5.78. The average molecular weight is 274 g/mol. The average Bonchev–Trinajstić information content (AvgIpc) is 3.23. The second kappa shape index (κ2) is 5.44. The molecule has 1 unspecified atom stereocenters. The largest absolute Gasteiger partial charge is 0.483 e. The van der Waals surface area contributed by atoms with Crippen LogP contribution in [0.5, 0.6) is 5.75 Å². The zero-order valence-corrected chi connectivity index (χ0v) is 12.2. The Balaban J connectivity index is 1.66. The van der Waals surface area contributed by atoms with Crippen LogP contribution in [0.15, 0.2) is 18.2 Å². The summed E-state index contributed by atoms with van der Waals surface area (Å²) in [5, 5.41) is 3.32. The van der Waals surface area contributed by atoms with Gasteiger partial charge in [0, 0.05) is 19.1 Å². The molecule has 3 rings (SSSR count). The highest BCUT2D eigenvalue weighted by molar-refractivity contribution is 5.78. The minimum atomic E-state index is 0.0771. The van der Waals surface area contributed by atoms with Gasteiger partial charge in [0.15, 0.2) is 6.61 Å². The van der Waals surface area contributed by atoms with Crippen LogP contribution in [0.2, 0.25) is 0 Å². The van der Waals surface area contributed by atoms with Gasteiger partial charge in [-0.2, -0.15) is 0 Å². The lowest BCUT2D eigenvalue weighted by Crippen LogP contribution is -2.33. The standard InChI is InChI=1S/C16H22N2O2/c1-17-14-9-8-13-12(14)4-3-5-15(13)20-10-16(19)18(2)11-6-7-11/h3-5,11,14,17H,6-10H2,1-2H3. The van der Waals surface area contributed by atoms with Gasteiger partial charge >= 0.3 is 0 Å². The summed E-state index contributed by atoms with van der Waals surface area (Å²) in [6.07, 6.45) is 4.38. The van der Waals surface area contributed by atoms with E-state index < -0.39 is 0 Å². The molecule has 1 saturated carbocycles. The van der Waals surface area contributed by atoms with Gasteiger partial charge in [0.25, 0.3) is 5.91 Å². The van der Waals surface area contributed by atoms with Crippen molar-refractivity contribution in [2.24, 2.45) is 0 Å². The summed E-state index contributed by atoms with van der Waals surface area (Å²) in [6, 6.07) is 6.99. The second-order valence-electron chi connectivity index (χ2n) is 5.73. The molecule has 1 N–H and O–H groups in total. The molecule has 1 aromatic carbocycles. The summed E-state index contributed by atoms with van der Waals surface area (Å²) in [6.45, 7) is 0.147. The first-order chi connectivity index (χ1) is 9.70. The van der Waals surface area contributed by atoms with Gasteiger partial charge in [-0.25, -0.2) is 0 Å². The molecule has 4 heteroatoms. The number of carbonyl (C=O) groups excluding carboxylic acids is 1. The summed E-state index contributed by atoms with van der Waals surface area (Å²) in [5.41, 5.74) is 2.57. The minimum absolute atomic E-state index is 0.0771. The summed E-state index contributed by atoms with van der Waals surface area (Å²) in [4.78, 5) is 13.8. The lowest BCUT2D eigenvalue weighted by molar-refractivity contribution is -0.132. The molecule has 20 heavy (non-hydrogen) atoms. The molecule has 2 aliphatic carbocycles. The summed E-state index contributed by atoms with van der Waals surface area (Å²) in [5.74, 6) is 0.950. The molecule has 1 atom stereocenters. The number of ether oxygens (including phenoxy) is 1. The Kier molecular flexibility index (Phi) is 3.66. The van der Waals surface area contributed by atoms with Crippen molar-refractivity contribution in [1.29, 1.82) is 0 Å².